The zero-order valence-corrected chi connectivity index (χ0v) is 16.3. The Balaban J connectivity index is 1.54. The second kappa shape index (κ2) is 5.81. The van der Waals surface area contributed by atoms with Crippen molar-refractivity contribution in [3.63, 3.8) is 0 Å². The van der Waals surface area contributed by atoms with Crippen LogP contribution in [0.4, 0.5) is 0 Å². The van der Waals surface area contributed by atoms with E-state index >= 15 is 0 Å². The summed E-state index contributed by atoms with van der Waals surface area (Å²) in [5, 5.41) is 1.83. The zero-order valence-electron chi connectivity index (χ0n) is 9.59. The molecule has 0 aromatic rings. The van der Waals surface area contributed by atoms with Crippen LogP contribution in [0.15, 0.2) is 26.0 Å². The molecule has 1 aliphatic carbocycles. The van der Waals surface area contributed by atoms with Crippen molar-refractivity contribution in [2.45, 2.75) is 36.2 Å². The predicted octanol–water partition coefficient (Wildman–Crippen LogP) is 4.40. The van der Waals surface area contributed by atoms with Crippen molar-refractivity contribution < 1.29 is 0 Å². The van der Waals surface area contributed by atoms with Gasteiger partial charge in [-0.3, -0.25) is 0 Å². The van der Waals surface area contributed by atoms with Gasteiger partial charge in [-0.15, -0.1) is 0 Å². The summed E-state index contributed by atoms with van der Waals surface area (Å²) in [4.78, 5) is 4.82. The molecule has 0 N–H and O–H groups in total. The molecule has 0 bridgehead atoms. The molecule has 2 unspecified atom stereocenters. The second-order valence-corrected chi connectivity index (χ2v) is 14.9. The Hall–Kier alpha value is 1.66. The van der Waals surface area contributed by atoms with Gasteiger partial charge in [0.05, 0.1) is 0 Å². The average Bonchev–Trinajstić information content (AvgIpc) is 3.04. The van der Waals surface area contributed by atoms with Crippen LogP contribution in [0.25, 0.3) is 0 Å². The van der Waals surface area contributed by atoms with Crippen LogP contribution in [0.2, 0.25) is 0 Å². The van der Waals surface area contributed by atoms with Gasteiger partial charge < -0.3 is 0 Å². The van der Waals surface area contributed by atoms with Gasteiger partial charge >= 0.3 is 139 Å². The Morgan fingerprint density at radius 2 is 1.39 bits per heavy atom. The van der Waals surface area contributed by atoms with Crippen molar-refractivity contribution in [2.24, 2.45) is 0 Å². The summed E-state index contributed by atoms with van der Waals surface area (Å²) < 4.78 is 6.73. The molecule has 2 atom stereocenters. The van der Waals surface area contributed by atoms with Crippen LogP contribution >= 0.6 is 47.0 Å². The van der Waals surface area contributed by atoms with Gasteiger partial charge in [-0.05, 0) is 0 Å². The number of hydrogen-bond donors (Lipinski definition) is 0. The monoisotopic (exact) mass is 444 g/mol. The molecule has 18 heavy (non-hydrogen) atoms. The van der Waals surface area contributed by atoms with Crippen LogP contribution in [-0.2, 0) is 0 Å². The van der Waals surface area contributed by atoms with Gasteiger partial charge in [0.15, 0.2) is 0 Å². The molecule has 0 amide bonds. The first-order valence-electron chi connectivity index (χ1n) is 6.06. The van der Waals surface area contributed by atoms with Crippen LogP contribution in [0.3, 0.4) is 0 Å². The Labute approximate surface area is 138 Å². The standard InChI is InChI=1S/C12H12S4Se2/c1-2-4-8-7(3-1)13-9-10(14-8)16-11(15-9)12-17-5-6-18-12/h5-8H,1-4H2. The Kier molecular flexibility index (Phi) is 4.30. The number of fused-ring (bicyclic) bond motifs is 1. The first-order chi connectivity index (χ1) is 8.90. The molecule has 0 nitrogen and oxygen atoms in total. The molecule has 3 heterocycles. The Morgan fingerprint density at radius 1 is 0.833 bits per heavy atom. The first-order valence-corrected chi connectivity index (χ1v) is 13.1. The van der Waals surface area contributed by atoms with Gasteiger partial charge in [-0.2, -0.15) is 0 Å². The quantitative estimate of drug-likeness (QED) is 0.510. The van der Waals surface area contributed by atoms with Crippen molar-refractivity contribution in [2.75, 3.05) is 0 Å². The van der Waals surface area contributed by atoms with E-state index in [0.29, 0.717) is 29.9 Å². The molecule has 0 radical (unpaired) electrons. The molecule has 6 heteroatoms. The summed E-state index contributed by atoms with van der Waals surface area (Å²) in [7, 11) is 0. The summed E-state index contributed by atoms with van der Waals surface area (Å²) in [5.41, 5.74) is 0. The molecule has 0 saturated heterocycles. The second-order valence-electron chi connectivity index (χ2n) is 4.46. The maximum absolute atomic E-state index is 2.41. The fraction of sp³-hybridized carbons (Fsp3) is 0.500. The van der Waals surface area contributed by atoms with E-state index in [-0.39, 0.29) is 0 Å². The Bertz CT molecular complexity index is 431. The van der Waals surface area contributed by atoms with Gasteiger partial charge in [0.2, 0.25) is 0 Å². The summed E-state index contributed by atoms with van der Waals surface area (Å²) in [6.07, 6.45) is 5.82. The molecular weight excluding hydrogens is 430 g/mol. The minimum absolute atomic E-state index is 0.673. The third-order valence-corrected chi connectivity index (χ3v) is 16.7. The number of rotatable bonds is 0. The number of thioether (sulfide) groups is 4. The molecule has 1 saturated carbocycles. The van der Waals surface area contributed by atoms with Gasteiger partial charge in [-0.25, -0.2) is 0 Å². The molecule has 0 aromatic heterocycles. The van der Waals surface area contributed by atoms with Crippen LogP contribution in [0.5, 0.6) is 0 Å². The van der Waals surface area contributed by atoms with Crippen LogP contribution in [-0.4, -0.2) is 40.4 Å². The molecular formula is C12H12S4Se2. The van der Waals surface area contributed by atoms with Crippen LogP contribution in [0.1, 0.15) is 25.7 Å². The zero-order chi connectivity index (χ0) is 11.9. The van der Waals surface area contributed by atoms with Crippen molar-refractivity contribution >= 4 is 77.0 Å². The summed E-state index contributed by atoms with van der Waals surface area (Å²) in [6.45, 7) is 0. The fourth-order valence-corrected chi connectivity index (χ4v) is 15.3. The van der Waals surface area contributed by atoms with Gasteiger partial charge in [-0.1, -0.05) is 0 Å². The van der Waals surface area contributed by atoms with Crippen molar-refractivity contribution in [3.05, 3.63) is 26.0 Å². The van der Waals surface area contributed by atoms with Crippen molar-refractivity contribution in [3.8, 4) is 0 Å². The minimum atomic E-state index is 0.673. The summed E-state index contributed by atoms with van der Waals surface area (Å²) in [6, 6.07) is 0. The van der Waals surface area contributed by atoms with Crippen LogP contribution < -0.4 is 0 Å². The van der Waals surface area contributed by atoms with Gasteiger partial charge in [0.25, 0.3) is 0 Å². The summed E-state index contributed by atoms with van der Waals surface area (Å²) >= 11 is 9.97. The van der Waals surface area contributed by atoms with E-state index in [9.17, 15) is 0 Å². The van der Waals surface area contributed by atoms with E-state index in [0.717, 1.165) is 10.5 Å². The van der Waals surface area contributed by atoms with E-state index in [1.165, 1.54) is 25.7 Å². The molecule has 96 valence electrons. The topological polar surface area (TPSA) is 0 Å². The molecule has 1 fully saturated rings. The summed E-state index contributed by atoms with van der Waals surface area (Å²) in [5.74, 6) is 0. The predicted molar refractivity (Wildman–Crippen MR) is 91.1 cm³/mol. The first kappa shape index (κ1) is 13.3. The van der Waals surface area contributed by atoms with E-state index < -0.39 is 0 Å². The van der Waals surface area contributed by atoms with Crippen molar-refractivity contribution in [1.29, 1.82) is 0 Å². The number of hydrogen-bond acceptors (Lipinski definition) is 4. The average molecular weight is 442 g/mol. The third kappa shape index (κ3) is 2.57. The van der Waals surface area contributed by atoms with Gasteiger partial charge in [0.1, 0.15) is 0 Å². The third-order valence-electron chi connectivity index (χ3n) is 3.27. The molecule has 4 aliphatic rings. The maximum atomic E-state index is 2.41. The van der Waals surface area contributed by atoms with Crippen LogP contribution in [0, 0.1) is 0 Å². The van der Waals surface area contributed by atoms with Gasteiger partial charge in [0, 0.05) is 0 Å². The van der Waals surface area contributed by atoms with E-state index in [1.807, 2.05) is 0 Å². The van der Waals surface area contributed by atoms with E-state index in [1.54, 1.807) is 16.1 Å². The molecule has 0 aromatic carbocycles. The molecule has 4 rings (SSSR count). The van der Waals surface area contributed by atoms with Crippen molar-refractivity contribution in [1.82, 2.24) is 0 Å². The van der Waals surface area contributed by atoms with E-state index in [2.05, 4.69) is 57.0 Å². The molecule has 0 spiro atoms. The normalized spacial score (nSPS) is 35.1. The molecule has 3 aliphatic heterocycles. The SMILES string of the molecule is C1=C[Se]C(=C2SC3=C(S2)SC2CCCCC2S3)[Se]1. The Morgan fingerprint density at radius 3 is 1.94 bits per heavy atom. The fourth-order valence-electron chi connectivity index (χ4n) is 2.41. The van der Waals surface area contributed by atoms with E-state index in [4.69, 9.17) is 0 Å².